The Kier molecular flexibility index (Phi) is 6.01. The number of esters is 1. The van der Waals surface area contributed by atoms with E-state index in [0.717, 1.165) is 0 Å². The number of nitrogens with one attached hydrogen (secondary N) is 1. The maximum absolute atomic E-state index is 12.4. The molecule has 28 heavy (non-hydrogen) atoms. The van der Waals surface area contributed by atoms with Gasteiger partial charge in [0.2, 0.25) is 0 Å². The Morgan fingerprint density at radius 1 is 0.929 bits per heavy atom. The largest absolute Gasteiger partial charge is 0.456 e. The molecule has 0 aromatic heterocycles. The van der Waals surface area contributed by atoms with Gasteiger partial charge in [0.1, 0.15) is 17.1 Å². The fraction of sp³-hybridized carbons (Fsp3) is 0.0455. The summed E-state index contributed by atoms with van der Waals surface area (Å²) in [5, 5.41) is 11.5. The Balaban J connectivity index is 1.62. The molecule has 0 unspecified atom stereocenters. The zero-order valence-electron chi connectivity index (χ0n) is 14.8. The van der Waals surface area contributed by atoms with Crippen LogP contribution in [0.3, 0.4) is 0 Å². The van der Waals surface area contributed by atoms with Gasteiger partial charge in [0.15, 0.2) is 6.61 Å². The summed E-state index contributed by atoms with van der Waals surface area (Å²) in [6.45, 7) is -0.463. The van der Waals surface area contributed by atoms with Crippen molar-refractivity contribution in [2.75, 3.05) is 11.9 Å². The molecule has 3 rings (SSSR count). The molecule has 6 heteroatoms. The van der Waals surface area contributed by atoms with Crippen LogP contribution in [0.15, 0.2) is 78.9 Å². The van der Waals surface area contributed by atoms with Gasteiger partial charge >= 0.3 is 5.97 Å². The number of hydrogen-bond donors (Lipinski definition) is 1. The molecule has 0 heterocycles. The van der Waals surface area contributed by atoms with Crippen LogP contribution in [0.1, 0.15) is 15.9 Å². The molecule has 138 valence electrons. The third-order valence-electron chi connectivity index (χ3n) is 3.69. The maximum atomic E-state index is 12.4. The maximum Gasteiger partial charge on any atom is 0.342 e. The molecule has 0 saturated carbocycles. The smallest absolute Gasteiger partial charge is 0.342 e. The Morgan fingerprint density at radius 3 is 2.46 bits per heavy atom. The lowest BCUT2D eigenvalue weighted by molar-refractivity contribution is -0.119. The molecule has 0 aliphatic rings. The highest BCUT2D eigenvalue weighted by Crippen LogP contribution is 2.25. The number of rotatable bonds is 6. The molecule has 0 saturated heterocycles. The first-order valence-electron chi connectivity index (χ1n) is 8.45. The van der Waals surface area contributed by atoms with Crippen molar-refractivity contribution in [2.24, 2.45) is 0 Å². The standard InChI is InChI=1S/C22H16N2O4/c23-14-16-7-6-8-17(13-16)24-21(25)15-27-22(26)19-11-4-5-12-20(19)28-18-9-2-1-3-10-18/h1-13H,15H2,(H,24,25). The van der Waals surface area contributed by atoms with Crippen LogP contribution in [0.5, 0.6) is 11.5 Å². The summed E-state index contributed by atoms with van der Waals surface area (Å²) >= 11 is 0. The number of anilines is 1. The fourth-order valence-electron chi connectivity index (χ4n) is 2.41. The van der Waals surface area contributed by atoms with Crippen molar-refractivity contribution in [3.05, 3.63) is 90.0 Å². The summed E-state index contributed by atoms with van der Waals surface area (Å²) < 4.78 is 10.8. The minimum atomic E-state index is -0.674. The molecular formula is C22H16N2O4. The van der Waals surface area contributed by atoms with E-state index >= 15 is 0 Å². The molecule has 1 amide bonds. The van der Waals surface area contributed by atoms with E-state index in [4.69, 9.17) is 14.7 Å². The number of amides is 1. The predicted molar refractivity (Wildman–Crippen MR) is 103 cm³/mol. The highest BCUT2D eigenvalue weighted by atomic mass is 16.5. The third-order valence-corrected chi connectivity index (χ3v) is 3.69. The highest BCUT2D eigenvalue weighted by molar-refractivity contribution is 5.96. The van der Waals surface area contributed by atoms with E-state index in [2.05, 4.69) is 5.32 Å². The molecule has 0 atom stereocenters. The second-order valence-electron chi connectivity index (χ2n) is 5.73. The van der Waals surface area contributed by atoms with Crippen molar-refractivity contribution < 1.29 is 19.1 Å². The molecule has 3 aromatic carbocycles. The van der Waals surface area contributed by atoms with Crippen LogP contribution >= 0.6 is 0 Å². The van der Waals surface area contributed by atoms with E-state index in [1.165, 1.54) is 6.07 Å². The average Bonchev–Trinajstić information content (AvgIpc) is 2.73. The molecule has 6 nitrogen and oxygen atoms in total. The number of nitriles is 1. The van der Waals surface area contributed by atoms with Gasteiger partial charge in [0.05, 0.1) is 11.6 Å². The van der Waals surface area contributed by atoms with Gasteiger partial charge in [-0.1, -0.05) is 36.4 Å². The van der Waals surface area contributed by atoms with Crippen LogP contribution in [-0.2, 0) is 9.53 Å². The van der Waals surface area contributed by atoms with E-state index in [-0.39, 0.29) is 5.56 Å². The van der Waals surface area contributed by atoms with Crippen LogP contribution in [0.4, 0.5) is 5.69 Å². The summed E-state index contributed by atoms with van der Waals surface area (Å²) in [7, 11) is 0. The Labute approximate surface area is 161 Å². The van der Waals surface area contributed by atoms with Gasteiger partial charge < -0.3 is 14.8 Å². The van der Waals surface area contributed by atoms with Crippen molar-refractivity contribution in [1.29, 1.82) is 5.26 Å². The summed E-state index contributed by atoms with van der Waals surface area (Å²) in [5.41, 5.74) is 1.08. The number of ether oxygens (including phenoxy) is 2. The highest BCUT2D eigenvalue weighted by Gasteiger charge is 2.16. The van der Waals surface area contributed by atoms with Gasteiger partial charge in [0.25, 0.3) is 5.91 Å². The average molecular weight is 372 g/mol. The first-order chi connectivity index (χ1) is 13.7. The SMILES string of the molecule is N#Cc1cccc(NC(=O)COC(=O)c2ccccc2Oc2ccccc2)c1. The number of benzene rings is 3. The van der Waals surface area contributed by atoms with Crippen molar-refractivity contribution in [3.63, 3.8) is 0 Å². The van der Waals surface area contributed by atoms with Crippen LogP contribution in [0.2, 0.25) is 0 Å². The first kappa shape index (κ1) is 18.7. The van der Waals surface area contributed by atoms with Gasteiger partial charge in [-0.25, -0.2) is 4.79 Å². The summed E-state index contributed by atoms with van der Waals surface area (Å²) in [5.74, 6) is -0.268. The topological polar surface area (TPSA) is 88.4 Å². The van der Waals surface area contributed by atoms with E-state index in [1.807, 2.05) is 24.3 Å². The normalized spacial score (nSPS) is 9.82. The fourth-order valence-corrected chi connectivity index (χ4v) is 2.41. The molecular weight excluding hydrogens is 356 g/mol. The monoisotopic (exact) mass is 372 g/mol. The summed E-state index contributed by atoms with van der Waals surface area (Å²) in [6.07, 6.45) is 0. The number of para-hydroxylation sites is 2. The van der Waals surface area contributed by atoms with Crippen molar-refractivity contribution >= 4 is 17.6 Å². The lowest BCUT2D eigenvalue weighted by atomic mass is 10.2. The van der Waals surface area contributed by atoms with Gasteiger partial charge in [-0.05, 0) is 42.5 Å². The van der Waals surface area contributed by atoms with E-state index in [0.29, 0.717) is 22.7 Å². The molecule has 0 radical (unpaired) electrons. The lowest BCUT2D eigenvalue weighted by Crippen LogP contribution is -2.21. The van der Waals surface area contributed by atoms with E-state index < -0.39 is 18.5 Å². The van der Waals surface area contributed by atoms with Gasteiger partial charge in [-0.2, -0.15) is 5.26 Å². The number of hydrogen-bond acceptors (Lipinski definition) is 5. The minimum absolute atomic E-state index is 0.214. The van der Waals surface area contributed by atoms with Crippen LogP contribution in [0.25, 0.3) is 0 Å². The first-order valence-corrected chi connectivity index (χ1v) is 8.45. The van der Waals surface area contributed by atoms with Gasteiger partial charge in [-0.15, -0.1) is 0 Å². The van der Waals surface area contributed by atoms with Crippen LogP contribution < -0.4 is 10.1 Å². The second-order valence-corrected chi connectivity index (χ2v) is 5.73. The number of carbonyl (C=O) groups is 2. The van der Waals surface area contributed by atoms with Gasteiger partial charge in [0, 0.05) is 5.69 Å². The third kappa shape index (κ3) is 4.96. The molecule has 3 aromatic rings. The van der Waals surface area contributed by atoms with Crippen LogP contribution in [0, 0.1) is 11.3 Å². The predicted octanol–water partition coefficient (Wildman–Crippen LogP) is 4.15. The van der Waals surface area contributed by atoms with Crippen LogP contribution in [-0.4, -0.2) is 18.5 Å². The number of carbonyl (C=O) groups excluding carboxylic acids is 2. The Morgan fingerprint density at radius 2 is 1.68 bits per heavy atom. The zero-order chi connectivity index (χ0) is 19.8. The lowest BCUT2D eigenvalue weighted by Gasteiger charge is -2.11. The Bertz CT molecular complexity index is 1030. The molecule has 0 aliphatic carbocycles. The molecule has 0 spiro atoms. The Hall–Kier alpha value is -4.11. The second kappa shape index (κ2) is 9.01. The molecule has 0 aliphatic heterocycles. The van der Waals surface area contributed by atoms with Crippen molar-refractivity contribution in [3.8, 4) is 17.6 Å². The minimum Gasteiger partial charge on any atom is -0.456 e. The summed E-state index contributed by atoms with van der Waals surface area (Å²) in [4.78, 5) is 24.4. The molecule has 1 N–H and O–H groups in total. The van der Waals surface area contributed by atoms with E-state index in [1.54, 1.807) is 54.6 Å². The van der Waals surface area contributed by atoms with Gasteiger partial charge in [-0.3, -0.25) is 4.79 Å². The zero-order valence-corrected chi connectivity index (χ0v) is 14.8. The quantitative estimate of drug-likeness (QED) is 0.657. The molecule has 0 bridgehead atoms. The summed E-state index contributed by atoms with van der Waals surface area (Å²) in [6, 6.07) is 24.1. The van der Waals surface area contributed by atoms with Crippen molar-refractivity contribution in [1.82, 2.24) is 0 Å². The van der Waals surface area contributed by atoms with E-state index in [9.17, 15) is 9.59 Å². The molecule has 0 fully saturated rings. The van der Waals surface area contributed by atoms with Crippen molar-refractivity contribution in [2.45, 2.75) is 0 Å². The number of nitrogens with zero attached hydrogens (tertiary/aromatic N) is 1.